The van der Waals surface area contributed by atoms with Gasteiger partial charge in [-0.1, -0.05) is 26.0 Å². The van der Waals surface area contributed by atoms with Gasteiger partial charge in [0.05, 0.1) is 17.1 Å². The number of carbonyl (C=O) groups excluding carboxylic acids is 1. The number of hydrogen-bond donors (Lipinski definition) is 1. The Morgan fingerprint density at radius 3 is 2.72 bits per heavy atom. The van der Waals surface area contributed by atoms with E-state index in [0.29, 0.717) is 17.5 Å². The molecule has 0 fully saturated rings. The molecular weight excluding hydrogens is 382 g/mol. The number of rotatable bonds is 5. The third-order valence-electron chi connectivity index (χ3n) is 5.25. The first-order valence-electron chi connectivity index (χ1n) is 9.99. The molecule has 1 aliphatic rings. The van der Waals surface area contributed by atoms with Gasteiger partial charge in [-0.25, -0.2) is 4.99 Å². The highest BCUT2D eigenvalue weighted by atomic mass is 32.1. The van der Waals surface area contributed by atoms with Crippen molar-refractivity contribution in [1.29, 1.82) is 0 Å². The molecule has 1 unspecified atom stereocenters. The van der Waals surface area contributed by atoms with E-state index in [9.17, 15) is 4.79 Å². The number of nitrogens with zero attached hydrogens (tertiary/aromatic N) is 2. The molecule has 1 N–H and O–H groups in total. The third-order valence-corrected chi connectivity index (χ3v) is 6.09. The van der Waals surface area contributed by atoms with Crippen LogP contribution in [0.5, 0.6) is 5.75 Å². The van der Waals surface area contributed by atoms with Crippen molar-refractivity contribution in [2.24, 2.45) is 4.99 Å². The summed E-state index contributed by atoms with van der Waals surface area (Å²) in [5.74, 6) is 0.584. The molecule has 1 aliphatic heterocycles. The van der Waals surface area contributed by atoms with Crippen molar-refractivity contribution in [2.45, 2.75) is 39.7 Å². The smallest absolute Gasteiger partial charge is 0.262 e. The lowest BCUT2D eigenvalue weighted by Gasteiger charge is -2.20. The molecule has 0 radical (unpaired) electrons. The van der Waals surface area contributed by atoms with Gasteiger partial charge in [0.25, 0.3) is 5.91 Å². The molecule has 0 bridgehead atoms. The number of carbonyl (C=O) groups is 1. The van der Waals surface area contributed by atoms with Crippen molar-refractivity contribution < 1.29 is 9.53 Å². The quantitative estimate of drug-likeness (QED) is 0.623. The predicted molar refractivity (Wildman–Crippen MR) is 118 cm³/mol. The van der Waals surface area contributed by atoms with E-state index < -0.39 is 0 Å². The molecule has 0 aliphatic carbocycles. The van der Waals surface area contributed by atoms with E-state index in [4.69, 9.17) is 9.73 Å². The van der Waals surface area contributed by atoms with Gasteiger partial charge in [-0.2, -0.15) is 0 Å². The maximum absolute atomic E-state index is 11.7. The Kier molecular flexibility index (Phi) is 5.53. The van der Waals surface area contributed by atoms with E-state index >= 15 is 0 Å². The highest BCUT2D eigenvalue weighted by Gasteiger charge is 2.19. The summed E-state index contributed by atoms with van der Waals surface area (Å²) in [6.07, 6.45) is 2.02. The molecule has 0 spiro atoms. The molecular formula is C23H25N3O2S. The van der Waals surface area contributed by atoms with Gasteiger partial charge >= 0.3 is 0 Å². The summed E-state index contributed by atoms with van der Waals surface area (Å²) in [7, 11) is 0. The molecule has 1 atom stereocenters. The largest absolute Gasteiger partial charge is 0.482 e. The second-order valence-electron chi connectivity index (χ2n) is 7.21. The van der Waals surface area contributed by atoms with Crippen molar-refractivity contribution in [3.8, 4) is 17.0 Å². The van der Waals surface area contributed by atoms with Gasteiger partial charge in [-0.05, 0) is 55.7 Å². The normalized spacial score (nSPS) is 14.9. The van der Waals surface area contributed by atoms with Crippen LogP contribution in [0.3, 0.4) is 0 Å². The van der Waals surface area contributed by atoms with Crippen molar-refractivity contribution in [1.82, 2.24) is 4.57 Å². The van der Waals surface area contributed by atoms with Gasteiger partial charge in [0.15, 0.2) is 11.4 Å². The standard InChI is InChI=1S/C23H25N3O2S/c1-4-15(3)26-20(17-8-11-21-19(12-17)25-22(27)13-28-21)14-29-23(26)24-18-9-6-16(5-2)7-10-18/h6-12,14-15H,4-5,13H2,1-3H3,(H,25,27). The number of ether oxygens (including phenoxy) is 1. The summed E-state index contributed by atoms with van der Waals surface area (Å²) in [5.41, 5.74) is 5.11. The molecule has 2 heterocycles. The van der Waals surface area contributed by atoms with Crippen LogP contribution in [0.1, 0.15) is 38.8 Å². The average molecular weight is 408 g/mol. The first-order chi connectivity index (χ1) is 14.1. The Labute approximate surface area is 174 Å². The molecule has 4 rings (SSSR count). The van der Waals surface area contributed by atoms with Crippen LogP contribution in [0.15, 0.2) is 52.8 Å². The van der Waals surface area contributed by atoms with E-state index in [1.165, 1.54) is 5.56 Å². The highest BCUT2D eigenvalue weighted by molar-refractivity contribution is 7.07. The zero-order valence-corrected chi connectivity index (χ0v) is 17.8. The molecule has 5 nitrogen and oxygen atoms in total. The number of amides is 1. The Hall–Kier alpha value is -2.86. The summed E-state index contributed by atoms with van der Waals surface area (Å²) in [5, 5.41) is 5.03. The SMILES string of the molecule is CCc1ccc(N=c2scc(-c3ccc4c(c3)NC(=O)CO4)n2C(C)CC)cc1. The van der Waals surface area contributed by atoms with E-state index in [1.54, 1.807) is 11.3 Å². The Balaban J connectivity index is 1.79. The summed E-state index contributed by atoms with van der Waals surface area (Å²) in [6.45, 7) is 6.61. The number of hydrogen-bond acceptors (Lipinski definition) is 4. The van der Waals surface area contributed by atoms with Crippen molar-refractivity contribution >= 4 is 28.6 Å². The molecule has 150 valence electrons. The molecule has 29 heavy (non-hydrogen) atoms. The van der Waals surface area contributed by atoms with Crippen molar-refractivity contribution in [2.75, 3.05) is 11.9 Å². The highest BCUT2D eigenvalue weighted by Crippen LogP contribution is 2.34. The molecule has 1 aromatic heterocycles. The molecule has 0 saturated heterocycles. The Bertz CT molecular complexity index is 1100. The van der Waals surface area contributed by atoms with Crippen molar-refractivity contribution in [3.05, 3.63) is 58.2 Å². The van der Waals surface area contributed by atoms with Gasteiger partial charge < -0.3 is 14.6 Å². The van der Waals surface area contributed by atoms with Crippen molar-refractivity contribution in [3.63, 3.8) is 0 Å². The zero-order chi connectivity index (χ0) is 20.4. The number of aryl methyl sites for hydroxylation is 1. The summed E-state index contributed by atoms with van der Waals surface area (Å²) >= 11 is 1.64. The van der Waals surface area contributed by atoms with E-state index in [-0.39, 0.29) is 12.5 Å². The molecule has 6 heteroatoms. The fourth-order valence-electron chi connectivity index (χ4n) is 3.38. The number of fused-ring (bicyclic) bond motifs is 1. The first-order valence-corrected chi connectivity index (χ1v) is 10.9. The maximum Gasteiger partial charge on any atom is 0.262 e. The molecule has 3 aromatic rings. The van der Waals surface area contributed by atoms with Crippen LogP contribution in [0.4, 0.5) is 11.4 Å². The van der Waals surface area contributed by atoms with Gasteiger partial charge in [0, 0.05) is 17.0 Å². The lowest BCUT2D eigenvalue weighted by molar-refractivity contribution is -0.118. The summed E-state index contributed by atoms with van der Waals surface area (Å²) in [6, 6.07) is 14.6. The summed E-state index contributed by atoms with van der Waals surface area (Å²) in [4.78, 5) is 17.6. The van der Waals surface area contributed by atoms with Crippen LogP contribution >= 0.6 is 11.3 Å². The number of nitrogens with one attached hydrogen (secondary N) is 1. The van der Waals surface area contributed by atoms with Crippen LogP contribution in [0.25, 0.3) is 11.3 Å². The summed E-state index contributed by atoms with van der Waals surface area (Å²) < 4.78 is 7.78. The van der Waals surface area contributed by atoms with Gasteiger partial charge in [0.2, 0.25) is 0 Å². The first kappa shape index (κ1) is 19.5. The predicted octanol–water partition coefficient (Wildman–Crippen LogP) is 5.31. The van der Waals surface area contributed by atoms with Crippen LogP contribution in [0, 0.1) is 0 Å². The average Bonchev–Trinajstić information content (AvgIpc) is 3.16. The zero-order valence-electron chi connectivity index (χ0n) is 16.9. The van der Waals surface area contributed by atoms with E-state index in [1.807, 2.05) is 18.2 Å². The Morgan fingerprint density at radius 1 is 1.21 bits per heavy atom. The fourth-order valence-corrected chi connectivity index (χ4v) is 4.40. The minimum Gasteiger partial charge on any atom is -0.482 e. The van der Waals surface area contributed by atoms with Crippen LogP contribution in [-0.2, 0) is 11.2 Å². The maximum atomic E-state index is 11.7. The molecule has 0 saturated carbocycles. The number of benzene rings is 2. The second-order valence-corrected chi connectivity index (χ2v) is 8.05. The lowest BCUT2D eigenvalue weighted by atomic mass is 10.1. The van der Waals surface area contributed by atoms with Crippen LogP contribution < -0.4 is 14.9 Å². The molecule has 2 aromatic carbocycles. The topological polar surface area (TPSA) is 55.6 Å². The van der Waals surface area contributed by atoms with E-state index in [0.717, 1.165) is 34.6 Å². The molecule has 1 amide bonds. The van der Waals surface area contributed by atoms with Gasteiger partial charge in [-0.3, -0.25) is 4.79 Å². The van der Waals surface area contributed by atoms with Gasteiger partial charge in [0.1, 0.15) is 5.75 Å². The van der Waals surface area contributed by atoms with Crippen LogP contribution in [0.2, 0.25) is 0 Å². The van der Waals surface area contributed by atoms with Gasteiger partial charge in [-0.15, -0.1) is 11.3 Å². The monoisotopic (exact) mass is 407 g/mol. The number of anilines is 1. The van der Waals surface area contributed by atoms with E-state index in [2.05, 4.69) is 60.3 Å². The lowest BCUT2D eigenvalue weighted by Crippen LogP contribution is -2.25. The Morgan fingerprint density at radius 2 is 2.00 bits per heavy atom. The number of aromatic nitrogens is 1. The second kappa shape index (κ2) is 8.25. The third kappa shape index (κ3) is 3.98. The minimum atomic E-state index is -0.124. The van der Waals surface area contributed by atoms with Crippen LogP contribution in [-0.4, -0.2) is 17.1 Å². The fraction of sp³-hybridized carbons (Fsp3) is 0.304. The minimum absolute atomic E-state index is 0.0670. The number of thiazole rings is 1.